The fraction of sp³-hybridized carbons (Fsp3) is 0.812. The highest BCUT2D eigenvalue weighted by Crippen LogP contribution is 2.31. The number of rotatable bonds is 4. The molecule has 0 aliphatic heterocycles. The minimum absolute atomic E-state index is 0.580. The van der Waals surface area contributed by atoms with E-state index in [0.717, 1.165) is 30.0 Å². The van der Waals surface area contributed by atoms with Gasteiger partial charge in [0.2, 0.25) is 5.95 Å². The van der Waals surface area contributed by atoms with Crippen molar-refractivity contribution in [2.24, 2.45) is 17.8 Å². The van der Waals surface area contributed by atoms with Crippen LogP contribution >= 0.6 is 0 Å². The topological polar surface area (TPSA) is 29.9 Å². The van der Waals surface area contributed by atoms with Crippen LogP contribution < -0.4 is 5.32 Å². The Kier molecular flexibility index (Phi) is 4.54. The molecule has 19 heavy (non-hydrogen) atoms. The van der Waals surface area contributed by atoms with Crippen molar-refractivity contribution >= 4 is 5.95 Å². The van der Waals surface area contributed by atoms with Gasteiger partial charge in [-0.2, -0.15) is 0 Å². The molecule has 0 amide bonds. The molecule has 1 saturated carbocycles. The summed E-state index contributed by atoms with van der Waals surface area (Å²) in [6, 6.07) is 0.580. The highest BCUT2D eigenvalue weighted by molar-refractivity contribution is 5.31. The lowest BCUT2D eigenvalue weighted by Crippen LogP contribution is -2.36. The van der Waals surface area contributed by atoms with E-state index in [1.54, 1.807) is 0 Å². The Morgan fingerprint density at radius 1 is 1.37 bits per heavy atom. The van der Waals surface area contributed by atoms with Crippen molar-refractivity contribution in [2.75, 3.05) is 5.32 Å². The van der Waals surface area contributed by atoms with E-state index in [0.29, 0.717) is 12.0 Å². The molecule has 3 nitrogen and oxygen atoms in total. The summed E-state index contributed by atoms with van der Waals surface area (Å²) < 4.78 is 2.28. The summed E-state index contributed by atoms with van der Waals surface area (Å²) >= 11 is 0. The molecule has 0 spiro atoms. The van der Waals surface area contributed by atoms with Crippen molar-refractivity contribution in [2.45, 2.75) is 66.5 Å². The van der Waals surface area contributed by atoms with Gasteiger partial charge < -0.3 is 9.88 Å². The molecule has 3 atom stereocenters. The third kappa shape index (κ3) is 3.52. The number of anilines is 1. The predicted octanol–water partition coefficient (Wildman–Crippen LogP) is 4.08. The van der Waals surface area contributed by atoms with Crippen LogP contribution in [0.1, 0.15) is 52.7 Å². The minimum atomic E-state index is 0.580. The average Bonchev–Trinajstić information content (AvgIpc) is 2.64. The number of nitrogens with one attached hydrogen (secondary N) is 1. The van der Waals surface area contributed by atoms with E-state index in [4.69, 9.17) is 0 Å². The molecule has 2 rings (SSSR count). The Bertz CT molecular complexity index is 408. The molecule has 3 heteroatoms. The molecular formula is C16H29N3. The normalized spacial score (nSPS) is 27.8. The second-order valence-corrected chi connectivity index (χ2v) is 6.77. The SMILES string of the molecule is Cc1cn(CC(C)C)c(NC2CCCC(C)C2C)n1. The summed E-state index contributed by atoms with van der Waals surface area (Å²) in [5, 5.41) is 3.71. The largest absolute Gasteiger partial charge is 0.353 e. The summed E-state index contributed by atoms with van der Waals surface area (Å²) in [5.41, 5.74) is 1.11. The zero-order chi connectivity index (χ0) is 14.0. The number of hydrogen-bond acceptors (Lipinski definition) is 2. The van der Waals surface area contributed by atoms with E-state index < -0.39 is 0 Å². The van der Waals surface area contributed by atoms with Gasteiger partial charge >= 0.3 is 0 Å². The molecule has 0 bridgehead atoms. The number of aromatic nitrogens is 2. The molecule has 1 aliphatic rings. The van der Waals surface area contributed by atoms with Gasteiger partial charge in [0.1, 0.15) is 0 Å². The Morgan fingerprint density at radius 3 is 2.79 bits per heavy atom. The van der Waals surface area contributed by atoms with E-state index >= 15 is 0 Å². The summed E-state index contributed by atoms with van der Waals surface area (Å²) in [4.78, 5) is 4.67. The number of aryl methyl sites for hydroxylation is 1. The molecule has 108 valence electrons. The summed E-state index contributed by atoms with van der Waals surface area (Å²) in [7, 11) is 0. The average molecular weight is 263 g/mol. The lowest BCUT2D eigenvalue weighted by Gasteiger charge is -2.35. The molecule has 1 aromatic rings. The van der Waals surface area contributed by atoms with Crippen molar-refractivity contribution in [1.29, 1.82) is 0 Å². The number of imidazole rings is 1. The Morgan fingerprint density at radius 2 is 2.11 bits per heavy atom. The lowest BCUT2D eigenvalue weighted by atomic mass is 9.78. The third-order valence-electron chi connectivity index (χ3n) is 4.48. The van der Waals surface area contributed by atoms with E-state index in [1.165, 1.54) is 19.3 Å². The van der Waals surface area contributed by atoms with Crippen LogP contribution in [0.25, 0.3) is 0 Å². The molecule has 0 saturated heterocycles. The number of hydrogen-bond donors (Lipinski definition) is 1. The van der Waals surface area contributed by atoms with Gasteiger partial charge in [0.15, 0.2) is 0 Å². The van der Waals surface area contributed by atoms with Gasteiger partial charge in [-0.15, -0.1) is 0 Å². The molecule has 1 N–H and O–H groups in total. The molecule has 1 aliphatic carbocycles. The van der Waals surface area contributed by atoms with E-state index in [-0.39, 0.29) is 0 Å². The molecule has 3 unspecified atom stereocenters. The van der Waals surface area contributed by atoms with Gasteiger partial charge in [0.05, 0.1) is 5.69 Å². The second-order valence-electron chi connectivity index (χ2n) is 6.77. The van der Waals surface area contributed by atoms with Crippen LogP contribution in [0.5, 0.6) is 0 Å². The van der Waals surface area contributed by atoms with Crippen LogP contribution in [0, 0.1) is 24.7 Å². The monoisotopic (exact) mass is 263 g/mol. The molecule has 1 heterocycles. The molecular weight excluding hydrogens is 234 g/mol. The van der Waals surface area contributed by atoms with Gasteiger partial charge in [-0.25, -0.2) is 4.98 Å². The van der Waals surface area contributed by atoms with Gasteiger partial charge in [-0.05, 0) is 31.1 Å². The van der Waals surface area contributed by atoms with E-state index in [1.807, 2.05) is 0 Å². The molecule has 1 fully saturated rings. The molecule has 0 radical (unpaired) electrons. The van der Waals surface area contributed by atoms with Crippen molar-refractivity contribution in [3.05, 3.63) is 11.9 Å². The second kappa shape index (κ2) is 5.98. The first kappa shape index (κ1) is 14.4. The van der Waals surface area contributed by atoms with E-state index in [2.05, 4.69) is 55.7 Å². The fourth-order valence-corrected chi connectivity index (χ4v) is 3.15. The Hall–Kier alpha value is -0.990. The van der Waals surface area contributed by atoms with Gasteiger partial charge in [0.25, 0.3) is 0 Å². The summed E-state index contributed by atoms with van der Waals surface area (Å²) in [6.45, 7) is 12.4. The summed E-state index contributed by atoms with van der Waals surface area (Å²) in [6.07, 6.45) is 6.16. The molecule has 1 aromatic heterocycles. The zero-order valence-electron chi connectivity index (χ0n) is 13.1. The maximum atomic E-state index is 4.67. The van der Waals surface area contributed by atoms with Gasteiger partial charge in [0, 0.05) is 18.8 Å². The van der Waals surface area contributed by atoms with Crippen molar-refractivity contribution in [1.82, 2.24) is 9.55 Å². The van der Waals surface area contributed by atoms with Crippen LogP contribution in [0.15, 0.2) is 6.20 Å². The predicted molar refractivity (Wildman–Crippen MR) is 81.4 cm³/mol. The van der Waals surface area contributed by atoms with Crippen LogP contribution in [-0.4, -0.2) is 15.6 Å². The first-order chi connectivity index (χ1) is 8.97. The Balaban J connectivity index is 2.09. The highest BCUT2D eigenvalue weighted by Gasteiger charge is 2.27. The van der Waals surface area contributed by atoms with Crippen LogP contribution in [0.3, 0.4) is 0 Å². The maximum Gasteiger partial charge on any atom is 0.203 e. The quantitative estimate of drug-likeness (QED) is 0.887. The summed E-state index contributed by atoms with van der Waals surface area (Å²) in [5.74, 6) is 3.27. The fourth-order valence-electron chi connectivity index (χ4n) is 3.15. The van der Waals surface area contributed by atoms with Crippen molar-refractivity contribution in [3.63, 3.8) is 0 Å². The van der Waals surface area contributed by atoms with Crippen molar-refractivity contribution in [3.8, 4) is 0 Å². The minimum Gasteiger partial charge on any atom is -0.353 e. The van der Waals surface area contributed by atoms with Crippen molar-refractivity contribution < 1.29 is 0 Å². The first-order valence-electron chi connectivity index (χ1n) is 7.77. The smallest absolute Gasteiger partial charge is 0.203 e. The number of nitrogens with zero attached hydrogens (tertiary/aromatic N) is 2. The van der Waals surface area contributed by atoms with Gasteiger partial charge in [-0.3, -0.25) is 0 Å². The third-order valence-corrected chi connectivity index (χ3v) is 4.48. The standard InChI is InChI=1S/C16H29N3/c1-11(2)9-19-10-13(4)17-16(19)18-15-8-6-7-12(3)14(15)5/h10-12,14-15H,6-9H2,1-5H3,(H,17,18). The lowest BCUT2D eigenvalue weighted by molar-refractivity contribution is 0.252. The maximum absolute atomic E-state index is 4.67. The first-order valence-corrected chi connectivity index (χ1v) is 7.77. The Labute approximate surface area is 117 Å². The van der Waals surface area contributed by atoms with Crippen LogP contribution in [0.4, 0.5) is 5.95 Å². The highest BCUT2D eigenvalue weighted by atomic mass is 15.2. The van der Waals surface area contributed by atoms with E-state index in [9.17, 15) is 0 Å². The van der Waals surface area contributed by atoms with Crippen LogP contribution in [-0.2, 0) is 6.54 Å². The van der Waals surface area contributed by atoms with Gasteiger partial charge in [-0.1, -0.05) is 40.5 Å². The zero-order valence-corrected chi connectivity index (χ0v) is 13.1. The molecule has 0 aromatic carbocycles. The van der Waals surface area contributed by atoms with Crippen LogP contribution in [0.2, 0.25) is 0 Å².